The summed E-state index contributed by atoms with van der Waals surface area (Å²) in [4.78, 5) is 11.9. The van der Waals surface area contributed by atoms with Gasteiger partial charge in [0.1, 0.15) is 16.9 Å². The van der Waals surface area contributed by atoms with E-state index in [1.807, 2.05) is 6.07 Å². The molecule has 2 aliphatic rings. The second kappa shape index (κ2) is 8.85. The molecular formula is C26H29F2N3O5S. The number of aryl methyl sites for hydroxylation is 1. The first-order valence-electron chi connectivity index (χ1n) is 12.2. The van der Waals surface area contributed by atoms with E-state index < -0.39 is 43.7 Å². The lowest BCUT2D eigenvalue weighted by molar-refractivity contribution is -0.0705. The van der Waals surface area contributed by atoms with Crippen LogP contribution in [0.1, 0.15) is 67.4 Å². The van der Waals surface area contributed by atoms with Crippen LogP contribution in [0.5, 0.6) is 0 Å². The zero-order chi connectivity index (χ0) is 26.8. The summed E-state index contributed by atoms with van der Waals surface area (Å²) in [6.45, 7) is 3.00. The van der Waals surface area contributed by atoms with Crippen LogP contribution in [-0.4, -0.2) is 39.3 Å². The molecule has 1 N–H and O–H groups in total. The normalized spacial score (nSPS) is 29.7. The molecule has 1 saturated heterocycles. The first-order chi connectivity index (χ1) is 17.3. The van der Waals surface area contributed by atoms with Crippen LogP contribution in [0.25, 0.3) is 0 Å². The van der Waals surface area contributed by atoms with E-state index in [1.165, 1.54) is 11.4 Å². The number of aromatic nitrogens is 2. The van der Waals surface area contributed by atoms with Crippen molar-refractivity contribution in [3.05, 3.63) is 87.2 Å². The monoisotopic (exact) mass is 533 g/mol. The van der Waals surface area contributed by atoms with Gasteiger partial charge in [0, 0.05) is 30.8 Å². The summed E-state index contributed by atoms with van der Waals surface area (Å²) in [6.07, 6.45) is 0.979. The molecule has 2 aromatic carbocycles. The zero-order valence-corrected chi connectivity index (χ0v) is 21.6. The predicted octanol–water partition coefficient (Wildman–Crippen LogP) is 3.54. The van der Waals surface area contributed by atoms with Gasteiger partial charge in [0.25, 0.3) is 0 Å². The molecule has 8 nitrogen and oxygen atoms in total. The van der Waals surface area contributed by atoms with Gasteiger partial charge in [-0.1, -0.05) is 30.3 Å². The van der Waals surface area contributed by atoms with Gasteiger partial charge < -0.3 is 9.52 Å². The predicted molar refractivity (Wildman–Crippen MR) is 131 cm³/mol. The van der Waals surface area contributed by atoms with Gasteiger partial charge >= 0.3 is 5.76 Å². The Balaban J connectivity index is 1.50. The second-order valence-corrected chi connectivity index (χ2v) is 12.6. The van der Waals surface area contributed by atoms with Gasteiger partial charge in [0.05, 0.1) is 11.0 Å². The highest BCUT2D eigenvalue weighted by molar-refractivity contribution is 7.89. The van der Waals surface area contributed by atoms with Crippen molar-refractivity contribution >= 4 is 10.0 Å². The fraction of sp³-hybridized carbons (Fsp3) is 0.462. The number of hydrogen-bond acceptors (Lipinski definition) is 6. The van der Waals surface area contributed by atoms with Crippen molar-refractivity contribution in [3.8, 4) is 0 Å². The maximum atomic E-state index is 15.6. The molecule has 3 aromatic rings. The summed E-state index contributed by atoms with van der Waals surface area (Å²) in [5.41, 5.74) is -2.04. The Morgan fingerprint density at radius 3 is 2.41 bits per heavy atom. The Morgan fingerprint density at radius 1 is 1.14 bits per heavy atom. The first-order valence-corrected chi connectivity index (χ1v) is 13.7. The molecule has 1 aromatic heterocycles. The van der Waals surface area contributed by atoms with Gasteiger partial charge in [-0.2, -0.15) is 8.99 Å². The summed E-state index contributed by atoms with van der Waals surface area (Å²) < 4.78 is 65.6. The first kappa shape index (κ1) is 25.7. The second-order valence-electron chi connectivity index (χ2n) is 10.6. The lowest BCUT2D eigenvalue weighted by atomic mass is 9.56. The Hall–Kier alpha value is -2.89. The molecule has 0 spiro atoms. The summed E-state index contributed by atoms with van der Waals surface area (Å²) in [6, 6.07) is 10.5. The lowest BCUT2D eigenvalue weighted by Gasteiger charge is -2.49. The van der Waals surface area contributed by atoms with Crippen molar-refractivity contribution in [2.45, 2.75) is 68.4 Å². The molecule has 11 heteroatoms. The third kappa shape index (κ3) is 4.32. The van der Waals surface area contributed by atoms with Gasteiger partial charge in [0.15, 0.2) is 0 Å². The van der Waals surface area contributed by atoms with E-state index in [0.29, 0.717) is 18.4 Å². The third-order valence-corrected chi connectivity index (χ3v) is 10.0. The van der Waals surface area contributed by atoms with Crippen LogP contribution in [0.3, 0.4) is 0 Å². The largest absolute Gasteiger partial charge is 0.436 e. The van der Waals surface area contributed by atoms with Gasteiger partial charge in [-0.3, -0.25) is 0 Å². The highest BCUT2D eigenvalue weighted by Gasteiger charge is 2.58. The fourth-order valence-corrected chi connectivity index (χ4v) is 8.03. The molecule has 198 valence electrons. The Kier molecular flexibility index (Phi) is 6.16. The molecule has 1 aliphatic carbocycles. The molecular weight excluding hydrogens is 504 g/mol. The average Bonchev–Trinajstić information content (AvgIpc) is 3.15. The maximum absolute atomic E-state index is 15.6. The summed E-state index contributed by atoms with van der Waals surface area (Å²) in [7, 11) is -2.46. The summed E-state index contributed by atoms with van der Waals surface area (Å²) in [5.74, 6) is -2.43. The van der Waals surface area contributed by atoms with Crippen molar-refractivity contribution in [2.24, 2.45) is 7.05 Å². The highest BCUT2D eigenvalue weighted by Crippen LogP contribution is 2.54. The van der Waals surface area contributed by atoms with Crippen LogP contribution in [0.4, 0.5) is 8.78 Å². The topological polar surface area (TPSA) is 106 Å². The van der Waals surface area contributed by atoms with Gasteiger partial charge in [-0.25, -0.2) is 22.0 Å². The number of sulfonamides is 1. The minimum absolute atomic E-state index is 0.0219. The molecule has 2 heterocycles. The van der Waals surface area contributed by atoms with Crippen molar-refractivity contribution < 1.29 is 26.7 Å². The van der Waals surface area contributed by atoms with E-state index in [0.717, 1.165) is 16.8 Å². The average molecular weight is 534 g/mol. The molecule has 2 fully saturated rings. The van der Waals surface area contributed by atoms with Crippen molar-refractivity contribution in [1.82, 2.24) is 14.1 Å². The van der Waals surface area contributed by atoms with Crippen molar-refractivity contribution in [1.29, 1.82) is 0 Å². The Morgan fingerprint density at radius 2 is 1.81 bits per heavy atom. The van der Waals surface area contributed by atoms with Gasteiger partial charge in [-0.05, 0) is 57.2 Å². The van der Waals surface area contributed by atoms with E-state index >= 15 is 8.78 Å². The van der Waals surface area contributed by atoms with E-state index in [2.05, 4.69) is 5.10 Å². The minimum atomic E-state index is -3.84. The van der Waals surface area contributed by atoms with Crippen LogP contribution >= 0.6 is 0 Å². The number of benzene rings is 2. The van der Waals surface area contributed by atoms with E-state index in [-0.39, 0.29) is 42.4 Å². The van der Waals surface area contributed by atoms with E-state index in [1.54, 1.807) is 38.1 Å². The molecule has 0 radical (unpaired) electrons. The number of rotatable bonds is 5. The Labute approximate surface area is 213 Å². The van der Waals surface area contributed by atoms with E-state index in [9.17, 15) is 18.3 Å². The van der Waals surface area contributed by atoms with Gasteiger partial charge in [0.2, 0.25) is 15.9 Å². The number of nitrogens with zero attached hydrogens (tertiary/aromatic N) is 3. The summed E-state index contributed by atoms with van der Waals surface area (Å²) >= 11 is 0. The quantitative estimate of drug-likeness (QED) is 0.538. The van der Waals surface area contributed by atoms with Gasteiger partial charge in [-0.15, -0.1) is 5.10 Å². The van der Waals surface area contributed by atoms with Crippen LogP contribution in [-0.2, 0) is 29.0 Å². The zero-order valence-electron chi connectivity index (χ0n) is 20.8. The third-order valence-electron chi connectivity index (χ3n) is 7.64. The molecule has 2 atom stereocenters. The van der Waals surface area contributed by atoms with Crippen LogP contribution < -0.4 is 5.76 Å². The standard InChI is InChI=1S/C26H29F2N3O5S/c1-16-9-10-22(17-7-5-4-6-8-17)37(34,35)31(16)13-18-11-21(28)19(12-20(18)27)26(14-25(2,33)15-26)23-29-30(3)24(32)36-23/h4-8,11-12,16,22,33H,9-10,13-15H2,1-3H3/t16-,22+,25?,26?/m0/s1. The molecule has 1 saturated carbocycles. The highest BCUT2D eigenvalue weighted by atomic mass is 32.2. The SMILES string of the molecule is C[C@H]1CC[C@H](c2ccccc2)S(=O)(=O)N1Cc1cc(F)c(C2(c3nn(C)c(=O)o3)CC(C)(O)C2)cc1F. The van der Waals surface area contributed by atoms with Crippen LogP contribution in [0.2, 0.25) is 0 Å². The molecule has 5 rings (SSSR count). The molecule has 0 amide bonds. The molecule has 0 bridgehead atoms. The number of aliphatic hydroxyl groups is 1. The van der Waals surface area contributed by atoms with Crippen LogP contribution in [0.15, 0.2) is 51.7 Å². The Bertz CT molecular complexity index is 1490. The van der Waals surface area contributed by atoms with Crippen molar-refractivity contribution in [3.63, 3.8) is 0 Å². The summed E-state index contributed by atoms with van der Waals surface area (Å²) in [5, 5.41) is 13.7. The van der Waals surface area contributed by atoms with Crippen LogP contribution in [0, 0.1) is 11.6 Å². The number of halogens is 2. The molecule has 0 unspecified atom stereocenters. The smallest absolute Gasteiger partial charge is 0.391 e. The fourth-order valence-electron chi connectivity index (χ4n) is 5.84. The van der Waals surface area contributed by atoms with E-state index in [4.69, 9.17) is 4.42 Å². The molecule has 1 aliphatic heterocycles. The maximum Gasteiger partial charge on any atom is 0.436 e. The number of hydrogen-bond donors (Lipinski definition) is 1. The lowest BCUT2D eigenvalue weighted by Crippen LogP contribution is -2.54. The van der Waals surface area contributed by atoms with Crippen molar-refractivity contribution in [2.75, 3.05) is 0 Å². The molecule has 37 heavy (non-hydrogen) atoms. The minimum Gasteiger partial charge on any atom is -0.391 e.